The summed E-state index contributed by atoms with van der Waals surface area (Å²) in [5, 5.41) is 0.207. The van der Waals surface area contributed by atoms with Gasteiger partial charge in [-0.1, -0.05) is 48.5 Å². The third-order valence-electron chi connectivity index (χ3n) is 3.58. The van der Waals surface area contributed by atoms with Crippen LogP contribution in [0, 0.1) is 0 Å². The molecule has 110 valence electrons. The minimum atomic E-state index is -3.38. The average Bonchev–Trinajstić information content (AvgIpc) is 2.57. The Hall–Kier alpha value is -1.30. The lowest BCUT2D eigenvalue weighted by molar-refractivity contribution is 0.421. The maximum atomic E-state index is 12.7. The van der Waals surface area contributed by atoms with Gasteiger partial charge in [0.25, 0.3) is 0 Å². The van der Waals surface area contributed by atoms with Gasteiger partial charge in [0, 0.05) is 24.1 Å². The highest BCUT2D eigenvalue weighted by Crippen LogP contribution is 2.35. The molecule has 0 N–H and O–H groups in total. The predicted molar refractivity (Wildman–Crippen MR) is 86.8 cm³/mol. The van der Waals surface area contributed by atoms with Gasteiger partial charge in [0.15, 0.2) is 0 Å². The Morgan fingerprint density at radius 3 is 2.24 bits per heavy atom. The van der Waals surface area contributed by atoms with Crippen LogP contribution in [0.4, 0.5) is 0 Å². The Morgan fingerprint density at radius 2 is 1.57 bits per heavy atom. The van der Waals surface area contributed by atoms with Crippen molar-refractivity contribution in [2.24, 2.45) is 0 Å². The fourth-order valence-electron chi connectivity index (χ4n) is 2.45. The molecule has 21 heavy (non-hydrogen) atoms. The van der Waals surface area contributed by atoms with Crippen LogP contribution >= 0.6 is 11.8 Å². The number of benzene rings is 2. The predicted octanol–water partition coefficient (Wildman–Crippen LogP) is 3.17. The molecule has 2 aromatic rings. The zero-order valence-corrected chi connectivity index (χ0v) is 13.2. The molecule has 0 radical (unpaired) electrons. The third-order valence-corrected chi connectivity index (χ3v) is 6.70. The first kappa shape index (κ1) is 14.6. The SMILES string of the molecule is O=S(=O)(c1ccccc1)N1CCSC(c2ccccc2)C1. The van der Waals surface area contributed by atoms with Crippen LogP contribution in [0.5, 0.6) is 0 Å². The zero-order chi connectivity index (χ0) is 14.7. The van der Waals surface area contributed by atoms with Crippen molar-refractivity contribution in [2.45, 2.75) is 10.1 Å². The summed E-state index contributed by atoms with van der Waals surface area (Å²) in [5.74, 6) is 0.825. The van der Waals surface area contributed by atoms with Crippen molar-refractivity contribution in [3.63, 3.8) is 0 Å². The van der Waals surface area contributed by atoms with Gasteiger partial charge in [0.05, 0.1) is 4.90 Å². The molecule has 1 unspecified atom stereocenters. The molecule has 0 spiro atoms. The number of nitrogens with zero attached hydrogens (tertiary/aromatic N) is 1. The quantitative estimate of drug-likeness (QED) is 0.872. The fraction of sp³-hybridized carbons (Fsp3) is 0.250. The first-order chi connectivity index (χ1) is 10.2. The molecule has 0 bridgehead atoms. The molecule has 1 aliphatic rings. The summed E-state index contributed by atoms with van der Waals surface area (Å²) in [5.41, 5.74) is 1.19. The normalized spacial score (nSPS) is 20.3. The van der Waals surface area contributed by atoms with Crippen LogP contribution in [0.15, 0.2) is 65.6 Å². The summed E-state index contributed by atoms with van der Waals surface area (Å²) in [7, 11) is -3.38. The molecule has 0 saturated carbocycles. The van der Waals surface area contributed by atoms with E-state index in [4.69, 9.17) is 0 Å². The van der Waals surface area contributed by atoms with Crippen LogP contribution in [-0.4, -0.2) is 31.6 Å². The smallest absolute Gasteiger partial charge is 0.207 e. The van der Waals surface area contributed by atoms with Crippen LogP contribution in [0.25, 0.3) is 0 Å². The van der Waals surface area contributed by atoms with E-state index in [9.17, 15) is 8.42 Å². The van der Waals surface area contributed by atoms with E-state index in [1.54, 1.807) is 28.6 Å². The van der Waals surface area contributed by atoms with Gasteiger partial charge >= 0.3 is 0 Å². The van der Waals surface area contributed by atoms with E-state index in [2.05, 4.69) is 12.1 Å². The Labute approximate surface area is 130 Å². The molecule has 3 nitrogen and oxygen atoms in total. The van der Waals surface area contributed by atoms with E-state index in [1.165, 1.54) is 5.56 Å². The van der Waals surface area contributed by atoms with Crippen molar-refractivity contribution < 1.29 is 8.42 Å². The van der Waals surface area contributed by atoms with Crippen molar-refractivity contribution in [2.75, 3.05) is 18.8 Å². The van der Waals surface area contributed by atoms with E-state index in [1.807, 2.05) is 36.0 Å². The molecular formula is C16H17NO2S2. The summed E-state index contributed by atoms with van der Waals surface area (Å²) < 4.78 is 27.0. The molecule has 2 aromatic carbocycles. The van der Waals surface area contributed by atoms with Crippen LogP contribution in [0.3, 0.4) is 0 Å². The van der Waals surface area contributed by atoms with Gasteiger partial charge in [-0.3, -0.25) is 0 Å². The van der Waals surface area contributed by atoms with Crippen molar-refractivity contribution >= 4 is 21.8 Å². The van der Waals surface area contributed by atoms with Crippen LogP contribution in [0.1, 0.15) is 10.8 Å². The van der Waals surface area contributed by atoms with Gasteiger partial charge in [-0.2, -0.15) is 16.1 Å². The third kappa shape index (κ3) is 3.15. The molecule has 1 atom stereocenters. The van der Waals surface area contributed by atoms with Gasteiger partial charge in [-0.15, -0.1) is 0 Å². The van der Waals surface area contributed by atoms with Gasteiger partial charge in [-0.25, -0.2) is 8.42 Å². The first-order valence-electron chi connectivity index (χ1n) is 6.90. The molecule has 0 aromatic heterocycles. The fourth-order valence-corrected chi connectivity index (χ4v) is 5.39. The van der Waals surface area contributed by atoms with E-state index >= 15 is 0 Å². The Morgan fingerprint density at radius 1 is 0.952 bits per heavy atom. The van der Waals surface area contributed by atoms with Gasteiger partial charge in [0.1, 0.15) is 0 Å². The molecular weight excluding hydrogens is 302 g/mol. The van der Waals surface area contributed by atoms with Gasteiger partial charge in [0.2, 0.25) is 10.0 Å². The monoisotopic (exact) mass is 319 g/mol. The van der Waals surface area contributed by atoms with E-state index in [0.29, 0.717) is 18.0 Å². The molecule has 1 aliphatic heterocycles. The van der Waals surface area contributed by atoms with Gasteiger partial charge < -0.3 is 0 Å². The Balaban J connectivity index is 1.84. The van der Waals surface area contributed by atoms with Crippen LogP contribution in [0.2, 0.25) is 0 Å². The summed E-state index contributed by atoms with van der Waals surface area (Å²) in [6.07, 6.45) is 0. The van der Waals surface area contributed by atoms with Crippen LogP contribution < -0.4 is 0 Å². The largest absolute Gasteiger partial charge is 0.243 e. The first-order valence-corrected chi connectivity index (χ1v) is 9.38. The highest BCUT2D eigenvalue weighted by atomic mass is 32.2. The topological polar surface area (TPSA) is 37.4 Å². The zero-order valence-electron chi connectivity index (χ0n) is 11.6. The molecule has 3 rings (SSSR count). The van der Waals surface area contributed by atoms with Gasteiger partial charge in [-0.05, 0) is 17.7 Å². The van der Waals surface area contributed by atoms with Crippen molar-refractivity contribution in [1.29, 1.82) is 0 Å². The van der Waals surface area contributed by atoms with E-state index < -0.39 is 10.0 Å². The lowest BCUT2D eigenvalue weighted by Gasteiger charge is -2.31. The van der Waals surface area contributed by atoms with E-state index in [0.717, 1.165) is 5.75 Å². The minimum Gasteiger partial charge on any atom is -0.207 e. The van der Waals surface area contributed by atoms with Crippen LogP contribution in [-0.2, 0) is 10.0 Å². The minimum absolute atomic E-state index is 0.207. The van der Waals surface area contributed by atoms with Crippen molar-refractivity contribution in [1.82, 2.24) is 4.31 Å². The second-order valence-electron chi connectivity index (χ2n) is 4.95. The number of rotatable bonds is 3. The second-order valence-corrected chi connectivity index (χ2v) is 8.19. The Kier molecular flexibility index (Phi) is 4.33. The second kappa shape index (κ2) is 6.22. The number of hydrogen-bond donors (Lipinski definition) is 0. The number of hydrogen-bond acceptors (Lipinski definition) is 3. The summed E-state index contributed by atoms with van der Waals surface area (Å²) in [6.45, 7) is 1.11. The lowest BCUT2D eigenvalue weighted by Crippen LogP contribution is -2.39. The molecule has 0 aliphatic carbocycles. The molecule has 1 saturated heterocycles. The Bertz CT molecular complexity index is 687. The standard InChI is InChI=1S/C16H17NO2S2/c18-21(19,15-9-5-2-6-10-15)17-11-12-20-16(13-17)14-7-3-1-4-8-14/h1-10,16H,11-13H2. The summed E-state index contributed by atoms with van der Waals surface area (Å²) in [6, 6.07) is 18.8. The molecule has 1 heterocycles. The molecule has 1 fully saturated rings. The number of thioether (sulfide) groups is 1. The summed E-state index contributed by atoms with van der Waals surface area (Å²) in [4.78, 5) is 0.378. The van der Waals surface area contributed by atoms with E-state index in [-0.39, 0.29) is 5.25 Å². The highest BCUT2D eigenvalue weighted by Gasteiger charge is 2.30. The van der Waals surface area contributed by atoms with Crippen molar-refractivity contribution in [3.05, 3.63) is 66.2 Å². The van der Waals surface area contributed by atoms with Crippen molar-refractivity contribution in [3.8, 4) is 0 Å². The summed E-state index contributed by atoms with van der Waals surface area (Å²) >= 11 is 1.83. The highest BCUT2D eigenvalue weighted by molar-refractivity contribution is 7.99. The molecule has 5 heteroatoms. The maximum Gasteiger partial charge on any atom is 0.243 e. The molecule has 0 amide bonds. The number of sulfonamides is 1. The maximum absolute atomic E-state index is 12.7. The lowest BCUT2D eigenvalue weighted by atomic mass is 10.1. The average molecular weight is 319 g/mol.